The first kappa shape index (κ1) is 22.9. The van der Waals surface area contributed by atoms with Gasteiger partial charge in [0.15, 0.2) is 15.8 Å². The van der Waals surface area contributed by atoms with E-state index in [-0.39, 0.29) is 5.75 Å². The molecule has 2 aliphatic heterocycles. The average Bonchev–Trinajstić information content (AvgIpc) is 2.74. The summed E-state index contributed by atoms with van der Waals surface area (Å²) in [6.45, 7) is 11.0. The van der Waals surface area contributed by atoms with Gasteiger partial charge in [-0.2, -0.15) is 0 Å². The number of aliphatic imine (C=N–C) groups is 1. The molecule has 2 fully saturated rings. The van der Waals surface area contributed by atoms with Crippen LogP contribution in [0.5, 0.6) is 0 Å². The predicted octanol–water partition coefficient (Wildman–Crippen LogP) is 1.67. The van der Waals surface area contributed by atoms with E-state index in [0.717, 1.165) is 58.1 Å². The zero-order chi connectivity index (χ0) is 21.6. The number of guanidine groups is 1. The molecule has 2 aliphatic rings. The van der Waals surface area contributed by atoms with Crippen molar-refractivity contribution in [1.29, 1.82) is 0 Å². The van der Waals surface area contributed by atoms with Crippen LogP contribution in [0.15, 0.2) is 35.3 Å². The Morgan fingerprint density at radius 3 is 2.40 bits per heavy atom. The molecule has 8 heteroatoms. The third-order valence-corrected chi connectivity index (χ3v) is 8.77. The summed E-state index contributed by atoms with van der Waals surface area (Å²) < 4.78 is 23.7. The number of sulfone groups is 1. The molecule has 2 saturated heterocycles. The normalized spacial score (nSPS) is 22.2. The lowest BCUT2D eigenvalue weighted by Crippen LogP contribution is -2.57. The molecule has 0 saturated carbocycles. The highest BCUT2D eigenvalue weighted by Crippen LogP contribution is 2.23. The number of anilines is 1. The molecule has 0 radical (unpaired) electrons. The number of unbranched alkanes of at least 4 members (excludes halogenated alkanes) is 1. The van der Waals surface area contributed by atoms with Gasteiger partial charge in [0.2, 0.25) is 0 Å². The number of hydrogen-bond donors (Lipinski definition) is 1. The number of hydrogen-bond acceptors (Lipinski definition) is 5. The Morgan fingerprint density at radius 2 is 1.77 bits per heavy atom. The van der Waals surface area contributed by atoms with E-state index in [1.165, 1.54) is 5.69 Å². The number of rotatable bonds is 6. The van der Waals surface area contributed by atoms with Crippen LogP contribution < -0.4 is 10.2 Å². The molecule has 0 amide bonds. The van der Waals surface area contributed by atoms with E-state index in [4.69, 9.17) is 0 Å². The highest BCUT2D eigenvalue weighted by atomic mass is 32.2. The SMILES string of the molecule is CN=C(NCCCCN1CCN(c2ccccc2)CC1)N1CCS(=O)(=O)C(C)(C)C1. The molecule has 1 N–H and O–H groups in total. The molecule has 7 nitrogen and oxygen atoms in total. The zero-order valence-corrected chi connectivity index (χ0v) is 19.5. The second-order valence-electron chi connectivity index (χ2n) is 8.85. The number of nitrogens with zero attached hydrogens (tertiary/aromatic N) is 4. The van der Waals surface area contributed by atoms with Gasteiger partial charge in [0.05, 0.1) is 10.5 Å². The maximum absolute atomic E-state index is 12.2. The minimum absolute atomic E-state index is 0.190. The summed E-state index contributed by atoms with van der Waals surface area (Å²) >= 11 is 0. The average molecular weight is 436 g/mol. The Morgan fingerprint density at radius 1 is 1.07 bits per heavy atom. The zero-order valence-electron chi connectivity index (χ0n) is 18.7. The van der Waals surface area contributed by atoms with Crippen LogP contribution in [-0.4, -0.2) is 94.1 Å². The standard InChI is InChI=1S/C22H37N5O2S/c1-22(2)19-27(17-18-30(22,28)29)21(23-3)24-11-7-8-12-25-13-15-26(16-14-25)20-9-5-4-6-10-20/h4-6,9-10H,7-8,11-19H2,1-3H3,(H,23,24). The van der Waals surface area contributed by atoms with Crippen molar-refractivity contribution in [2.75, 3.05) is 70.1 Å². The van der Waals surface area contributed by atoms with Crippen LogP contribution in [0.3, 0.4) is 0 Å². The Labute approximate surface area is 182 Å². The van der Waals surface area contributed by atoms with Crippen LogP contribution in [0.4, 0.5) is 5.69 Å². The predicted molar refractivity (Wildman–Crippen MR) is 125 cm³/mol. The van der Waals surface area contributed by atoms with Crippen molar-refractivity contribution in [3.8, 4) is 0 Å². The maximum atomic E-state index is 12.2. The molecule has 30 heavy (non-hydrogen) atoms. The van der Waals surface area contributed by atoms with E-state index in [1.54, 1.807) is 20.9 Å². The molecular weight excluding hydrogens is 398 g/mol. The van der Waals surface area contributed by atoms with E-state index in [1.807, 2.05) is 0 Å². The maximum Gasteiger partial charge on any atom is 0.193 e. The van der Waals surface area contributed by atoms with Gasteiger partial charge in [0.1, 0.15) is 0 Å². The molecule has 1 aromatic carbocycles. The summed E-state index contributed by atoms with van der Waals surface area (Å²) in [4.78, 5) is 11.5. The van der Waals surface area contributed by atoms with Gasteiger partial charge in [0, 0.05) is 58.5 Å². The fraction of sp³-hybridized carbons (Fsp3) is 0.682. The molecule has 0 aromatic heterocycles. The lowest BCUT2D eigenvalue weighted by molar-refractivity contribution is 0.253. The molecule has 2 heterocycles. The van der Waals surface area contributed by atoms with Crippen molar-refractivity contribution in [2.45, 2.75) is 31.4 Å². The van der Waals surface area contributed by atoms with Crippen molar-refractivity contribution in [3.63, 3.8) is 0 Å². The van der Waals surface area contributed by atoms with Crippen LogP contribution >= 0.6 is 0 Å². The fourth-order valence-electron chi connectivity index (χ4n) is 4.19. The monoisotopic (exact) mass is 435 g/mol. The minimum atomic E-state index is -3.03. The third-order valence-electron chi connectivity index (χ3n) is 6.23. The van der Waals surface area contributed by atoms with Crippen molar-refractivity contribution >= 4 is 21.5 Å². The second kappa shape index (κ2) is 10.0. The first-order valence-corrected chi connectivity index (χ1v) is 12.7. The van der Waals surface area contributed by atoms with Crippen LogP contribution in [-0.2, 0) is 9.84 Å². The quantitative estimate of drug-likeness (QED) is 0.417. The molecule has 0 aliphatic carbocycles. The molecule has 0 spiro atoms. The van der Waals surface area contributed by atoms with Crippen LogP contribution in [0.2, 0.25) is 0 Å². The Hall–Kier alpha value is -1.80. The van der Waals surface area contributed by atoms with Gasteiger partial charge in [-0.05, 0) is 45.4 Å². The summed E-state index contributed by atoms with van der Waals surface area (Å²) in [7, 11) is -1.26. The topological polar surface area (TPSA) is 68.2 Å². The highest BCUT2D eigenvalue weighted by Gasteiger charge is 2.40. The molecule has 0 atom stereocenters. The molecule has 3 rings (SSSR count). The molecule has 0 bridgehead atoms. The van der Waals surface area contributed by atoms with Crippen LogP contribution in [0, 0.1) is 0 Å². The summed E-state index contributed by atoms with van der Waals surface area (Å²) in [6.07, 6.45) is 2.22. The summed E-state index contributed by atoms with van der Waals surface area (Å²) in [6, 6.07) is 10.6. The summed E-state index contributed by atoms with van der Waals surface area (Å²) in [5.41, 5.74) is 1.32. The highest BCUT2D eigenvalue weighted by molar-refractivity contribution is 7.92. The summed E-state index contributed by atoms with van der Waals surface area (Å²) in [5, 5.41) is 3.42. The Balaban J connectivity index is 1.33. The van der Waals surface area contributed by atoms with Gasteiger partial charge >= 0.3 is 0 Å². The number of para-hydroxylation sites is 1. The van der Waals surface area contributed by atoms with Gasteiger partial charge in [0.25, 0.3) is 0 Å². The van der Waals surface area contributed by atoms with E-state index in [0.29, 0.717) is 13.1 Å². The minimum Gasteiger partial charge on any atom is -0.369 e. The fourth-order valence-corrected chi connectivity index (χ4v) is 5.55. The third kappa shape index (κ3) is 5.66. The molecular formula is C22H37N5O2S. The number of nitrogens with one attached hydrogen (secondary N) is 1. The number of benzene rings is 1. The van der Waals surface area contributed by atoms with E-state index in [2.05, 4.69) is 55.3 Å². The van der Waals surface area contributed by atoms with Crippen LogP contribution in [0.1, 0.15) is 26.7 Å². The van der Waals surface area contributed by atoms with Crippen molar-refractivity contribution in [2.24, 2.45) is 4.99 Å². The molecule has 0 unspecified atom stereocenters. The first-order valence-electron chi connectivity index (χ1n) is 11.0. The lowest BCUT2D eigenvalue weighted by Gasteiger charge is -2.39. The van der Waals surface area contributed by atoms with Crippen LogP contribution in [0.25, 0.3) is 0 Å². The number of piperazine rings is 1. The van der Waals surface area contributed by atoms with E-state index in [9.17, 15) is 8.42 Å². The second-order valence-corrected chi connectivity index (χ2v) is 11.6. The molecule has 1 aromatic rings. The van der Waals surface area contributed by atoms with Crippen molar-refractivity contribution < 1.29 is 8.42 Å². The van der Waals surface area contributed by atoms with Gasteiger partial charge in [-0.25, -0.2) is 8.42 Å². The first-order chi connectivity index (χ1) is 14.3. The van der Waals surface area contributed by atoms with Crippen molar-refractivity contribution in [1.82, 2.24) is 15.1 Å². The Kier molecular flexibility index (Phi) is 7.63. The van der Waals surface area contributed by atoms with Gasteiger partial charge in [-0.3, -0.25) is 9.89 Å². The van der Waals surface area contributed by atoms with Gasteiger partial charge < -0.3 is 15.1 Å². The van der Waals surface area contributed by atoms with Gasteiger partial charge in [-0.15, -0.1) is 0 Å². The Bertz CT molecular complexity index is 802. The largest absolute Gasteiger partial charge is 0.369 e. The molecule has 168 valence electrons. The van der Waals surface area contributed by atoms with Gasteiger partial charge in [-0.1, -0.05) is 18.2 Å². The summed E-state index contributed by atoms with van der Waals surface area (Å²) in [5.74, 6) is 1.00. The van der Waals surface area contributed by atoms with E-state index < -0.39 is 14.6 Å². The smallest absolute Gasteiger partial charge is 0.193 e. The lowest BCUT2D eigenvalue weighted by atomic mass is 10.2. The van der Waals surface area contributed by atoms with Crippen molar-refractivity contribution in [3.05, 3.63) is 30.3 Å². The van der Waals surface area contributed by atoms with E-state index >= 15 is 0 Å².